The molecule has 0 unspecified atom stereocenters. The van der Waals surface area contributed by atoms with E-state index in [1.54, 1.807) is 25.3 Å². The van der Waals surface area contributed by atoms with E-state index in [1.807, 2.05) is 38.1 Å². The van der Waals surface area contributed by atoms with Crippen LogP contribution in [0.1, 0.15) is 16.7 Å². The van der Waals surface area contributed by atoms with Crippen molar-refractivity contribution < 1.29 is 14.6 Å². The minimum atomic E-state index is -0.317. The molecular weight excluding hydrogens is 278 g/mol. The van der Waals surface area contributed by atoms with Gasteiger partial charge in [0.2, 0.25) is 5.91 Å². The standard InChI is InChI=1S/C18H19NO3/c1-12-5-8-17(22-3)14(10-12)6-9-18(21)19-15-7-4-13(2)11-16(15)20/h4-11,20H,1-3H3,(H,19,21)/b9-6+. The lowest BCUT2D eigenvalue weighted by molar-refractivity contribution is -0.111. The Balaban J connectivity index is 2.13. The van der Waals surface area contributed by atoms with E-state index in [0.717, 1.165) is 16.7 Å². The smallest absolute Gasteiger partial charge is 0.248 e. The van der Waals surface area contributed by atoms with Crippen LogP contribution >= 0.6 is 0 Å². The van der Waals surface area contributed by atoms with Gasteiger partial charge < -0.3 is 15.2 Å². The van der Waals surface area contributed by atoms with Gasteiger partial charge in [0.1, 0.15) is 11.5 Å². The van der Waals surface area contributed by atoms with Gasteiger partial charge in [-0.3, -0.25) is 4.79 Å². The molecule has 114 valence electrons. The lowest BCUT2D eigenvalue weighted by Gasteiger charge is -2.07. The van der Waals surface area contributed by atoms with Gasteiger partial charge >= 0.3 is 0 Å². The molecule has 2 aromatic carbocycles. The number of carbonyl (C=O) groups excluding carboxylic acids is 1. The van der Waals surface area contributed by atoms with Gasteiger partial charge in [-0.15, -0.1) is 0 Å². The number of aryl methyl sites for hydroxylation is 2. The van der Waals surface area contributed by atoms with E-state index < -0.39 is 0 Å². The molecule has 0 saturated carbocycles. The number of benzene rings is 2. The minimum absolute atomic E-state index is 0.0508. The number of hydrogen-bond acceptors (Lipinski definition) is 3. The molecule has 2 N–H and O–H groups in total. The minimum Gasteiger partial charge on any atom is -0.506 e. The number of anilines is 1. The number of rotatable bonds is 4. The maximum absolute atomic E-state index is 12.0. The summed E-state index contributed by atoms with van der Waals surface area (Å²) in [5.74, 6) is 0.436. The van der Waals surface area contributed by atoms with Crippen LogP contribution in [-0.2, 0) is 4.79 Å². The van der Waals surface area contributed by atoms with Crippen molar-refractivity contribution in [2.75, 3.05) is 12.4 Å². The van der Waals surface area contributed by atoms with Crippen LogP contribution in [0.25, 0.3) is 6.08 Å². The van der Waals surface area contributed by atoms with Crippen molar-refractivity contribution in [1.29, 1.82) is 0 Å². The van der Waals surface area contributed by atoms with E-state index in [2.05, 4.69) is 5.32 Å². The summed E-state index contributed by atoms with van der Waals surface area (Å²) in [6, 6.07) is 10.8. The molecule has 4 nitrogen and oxygen atoms in total. The normalized spacial score (nSPS) is 10.7. The van der Waals surface area contributed by atoms with Crippen molar-refractivity contribution in [2.24, 2.45) is 0 Å². The fourth-order valence-corrected chi connectivity index (χ4v) is 2.07. The molecule has 0 radical (unpaired) electrons. The summed E-state index contributed by atoms with van der Waals surface area (Å²) >= 11 is 0. The van der Waals surface area contributed by atoms with Crippen LogP contribution in [0.15, 0.2) is 42.5 Å². The predicted octanol–water partition coefficient (Wildman–Crippen LogP) is 3.67. The molecule has 0 heterocycles. The van der Waals surface area contributed by atoms with Gasteiger partial charge in [-0.2, -0.15) is 0 Å². The molecule has 0 aliphatic carbocycles. The lowest BCUT2D eigenvalue weighted by atomic mass is 10.1. The third kappa shape index (κ3) is 3.88. The van der Waals surface area contributed by atoms with E-state index in [9.17, 15) is 9.90 Å². The fraction of sp³-hybridized carbons (Fsp3) is 0.167. The van der Waals surface area contributed by atoms with Crippen LogP contribution in [-0.4, -0.2) is 18.1 Å². The van der Waals surface area contributed by atoms with Gasteiger partial charge in [-0.05, 0) is 49.8 Å². The molecular formula is C18H19NO3. The number of ether oxygens (including phenoxy) is 1. The average Bonchev–Trinajstić information content (AvgIpc) is 2.48. The Labute approximate surface area is 130 Å². The van der Waals surface area contributed by atoms with Gasteiger partial charge in [-0.1, -0.05) is 17.7 Å². The van der Waals surface area contributed by atoms with E-state index in [-0.39, 0.29) is 11.7 Å². The summed E-state index contributed by atoms with van der Waals surface area (Å²) in [6.07, 6.45) is 3.10. The molecule has 2 aromatic rings. The number of aromatic hydroxyl groups is 1. The summed E-state index contributed by atoms with van der Waals surface area (Å²) in [5.41, 5.74) is 3.22. The quantitative estimate of drug-likeness (QED) is 0.668. The van der Waals surface area contributed by atoms with Gasteiger partial charge in [0.25, 0.3) is 0 Å². The second kappa shape index (κ2) is 6.80. The number of methoxy groups -OCH3 is 1. The lowest BCUT2D eigenvalue weighted by Crippen LogP contribution is -2.07. The highest BCUT2D eigenvalue weighted by Gasteiger charge is 2.05. The highest BCUT2D eigenvalue weighted by molar-refractivity contribution is 6.02. The number of carbonyl (C=O) groups is 1. The Kier molecular flexibility index (Phi) is 4.84. The zero-order valence-corrected chi connectivity index (χ0v) is 12.9. The van der Waals surface area contributed by atoms with Crippen molar-refractivity contribution in [1.82, 2.24) is 0 Å². The van der Waals surface area contributed by atoms with E-state index >= 15 is 0 Å². The molecule has 2 rings (SSSR count). The summed E-state index contributed by atoms with van der Waals surface area (Å²) in [4.78, 5) is 12.0. The molecule has 0 atom stereocenters. The Morgan fingerprint density at radius 1 is 1.14 bits per heavy atom. The summed E-state index contributed by atoms with van der Waals surface area (Å²) in [5, 5.41) is 12.4. The molecule has 1 amide bonds. The van der Waals surface area contributed by atoms with Crippen molar-refractivity contribution in [3.8, 4) is 11.5 Å². The number of nitrogens with one attached hydrogen (secondary N) is 1. The van der Waals surface area contributed by atoms with Crippen molar-refractivity contribution >= 4 is 17.7 Å². The highest BCUT2D eigenvalue weighted by Crippen LogP contribution is 2.24. The molecule has 0 saturated heterocycles. The molecule has 0 bridgehead atoms. The fourth-order valence-electron chi connectivity index (χ4n) is 2.07. The van der Waals surface area contributed by atoms with Gasteiger partial charge in [0, 0.05) is 11.6 Å². The van der Waals surface area contributed by atoms with E-state index in [1.165, 1.54) is 6.08 Å². The first kappa shape index (κ1) is 15.6. The van der Waals surface area contributed by atoms with Crippen LogP contribution in [0.3, 0.4) is 0 Å². The first-order chi connectivity index (χ1) is 10.5. The SMILES string of the molecule is COc1ccc(C)cc1/C=C/C(=O)Nc1ccc(C)cc1O. The Morgan fingerprint density at radius 2 is 1.82 bits per heavy atom. The molecule has 0 aromatic heterocycles. The zero-order valence-electron chi connectivity index (χ0n) is 12.9. The predicted molar refractivity (Wildman–Crippen MR) is 88.2 cm³/mol. The van der Waals surface area contributed by atoms with Crippen molar-refractivity contribution in [3.05, 3.63) is 59.2 Å². The van der Waals surface area contributed by atoms with E-state index in [0.29, 0.717) is 11.4 Å². The zero-order chi connectivity index (χ0) is 16.1. The average molecular weight is 297 g/mol. The van der Waals surface area contributed by atoms with Crippen LogP contribution in [0, 0.1) is 13.8 Å². The van der Waals surface area contributed by atoms with E-state index in [4.69, 9.17) is 4.74 Å². The van der Waals surface area contributed by atoms with Gasteiger partial charge in [0.15, 0.2) is 0 Å². The maximum Gasteiger partial charge on any atom is 0.248 e. The molecule has 0 spiro atoms. The first-order valence-electron chi connectivity index (χ1n) is 6.93. The number of hydrogen-bond donors (Lipinski definition) is 2. The largest absolute Gasteiger partial charge is 0.506 e. The molecule has 22 heavy (non-hydrogen) atoms. The monoisotopic (exact) mass is 297 g/mol. The highest BCUT2D eigenvalue weighted by atomic mass is 16.5. The summed E-state index contributed by atoms with van der Waals surface area (Å²) in [7, 11) is 1.59. The summed E-state index contributed by atoms with van der Waals surface area (Å²) in [6.45, 7) is 3.84. The molecule has 0 fully saturated rings. The van der Waals surface area contributed by atoms with Crippen molar-refractivity contribution in [2.45, 2.75) is 13.8 Å². The molecule has 4 heteroatoms. The Hall–Kier alpha value is -2.75. The first-order valence-corrected chi connectivity index (χ1v) is 6.93. The third-order valence-electron chi connectivity index (χ3n) is 3.21. The van der Waals surface area contributed by atoms with Crippen LogP contribution < -0.4 is 10.1 Å². The second-order valence-corrected chi connectivity index (χ2v) is 5.09. The summed E-state index contributed by atoms with van der Waals surface area (Å²) < 4.78 is 5.26. The van der Waals surface area contributed by atoms with Crippen molar-refractivity contribution in [3.63, 3.8) is 0 Å². The maximum atomic E-state index is 12.0. The topological polar surface area (TPSA) is 58.6 Å². The number of phenols is 1. The van der Waals surface area contributed by atoms with Crippen LogP contribution in [0.5, 0.6) is 11.5 Å². The third-order valence-corrected chi connectivity index (χ3v) is 3.21. The van der Waals surface area contributed by atoms with Gasteiger partial charge in [-0.25, -0.2) is 0 Å². The van der Waals surface area contributed by atoms with Crippen LogP contribution in [0.2, 0.25) is 0 Å². The number of amides is 1. The number of phenolic OH excluding ortho intramolecular Hbond substituents is 1. The Morgan fingerprint density at radius 3 is 2.50 bits per heavy atom. The second-order valence-electron chi connectivity index (χ2n) is 5.09. The Bertz CT molecular complexity index is 720. The van der Waals surface area contributed by atoms with Gasteiger partial charge in [0.05, 0.1) is 12.8 Å². The molecule has 0 aliphatic rings. The van der Waals surface area contributed by atoms with Crippen LogP contribution in [0.4, 0.5) is 5.69 Å². The molecule has 0 aliphatic heterocycles.